The fourth-order valence-electron chi connectivity index (χ4n) is 3.12. The van der Waals surface area contributed by atoms with Gasteiger partial charge in [0.1, 0.15) is 9.84 Å². The van der Waals surface area contributed by atoms with Crippen LogP contribution in [0.15, 0.2) is 22.7 Å². The lowest BCUT2D eigenvalue weighted by atomic mass is 10.1. The van der Waals surface area contributed by atoms with Crippen molar-refractivity contribution in [3.8, 4) is 0 Å². The zero-order chi connectivity index (χ0) is 13.5. The van der Waals surface area contributed by atoms with Crippen LogP contribution in [0.4, 0.5) is 0 Å². The number of nitrogens with one attached hydrogen (secondary N) is 1. The first-order chi connectivity index (χ1) is 9.05. The van der Waals surface area contributed by atoms with Gasteiger partial charge in [-0.3, -0.25) is 0 Å². The van der Waals surface area contributed by atoms with Crippen LogP contribution in [-0.4, -0.2) is 26.0 Å². The number of benzene rings is 1. The number of rotatable bonds is 2. The van der Waals surface area contributed by atoms with Crippen molar-refractivity contribution < 1.29 is 8.42 Å². The van der Waals surface area contributed by atoms with Crippen molar-refractivity contribution in [2.45, 2.75) is 37.8 Å². The molecule has 0 aromatic heterocycles. The Bertz CT molecular complexity index is 571. The van der Waals surface area contributed by atoms with Crippen LogP contribution in [0.3, 0.4) is 0 Å². The molecule has 3 rings (SSSR count). The molecular formula is C14H18BrNO2S. The standard InChI is InChI=1S/C14H18BrNO2S/c15-13-3-1-2-12-11(13)4-5-14(12)16-10-6-8-19(17,18)9-7-10/h1-3,10,14,16H,4-9H2. The quantitative estimate of drug-likeness (QED) is 0.897. The predicted octanol–water partition coefficient (Wildman–Crippen LogP) is 2.60. The summed E-state index contributed by atoms with van der Waals surface area (Å²) in [6.45, 7) is 0. The third kappa shape index (κ3) is 2.88. The molecule has 0 saturated carbocycles. The third-order valence-electron chi connectivity index (χ3n) is 4.21. The molecular weight excluding hydrogens is 326 g/mol. The molecule has 0 amide bonds. The van der Waals surface area contributed by atoms with E-state index in [1.165, 1.54) is 15.6 Å². The molecule has 1 aliphatic carbocycles. The molecule has 5 heteroatoms. The summed E-state index contributed by atoms with van der Waals surface area (Å²) in [5, 5.41) is 3.65. The van der Waals surface area contributed by atoms with E-state index in [-0.39, 0.29) is 0 Å². The highest BCUT2D eigenvalue weighted by atomic mass is 79.9. The third-order valence-corrected chi connectivity index (χ3v) is 6.66. The van der Waals surface area contributed by atoms with Crippen LogP contribution in [0.2, 0.25) is 0 Å². The van der Waals surface area contributed by atoms with Crippen molar-refractivity contribution in [3.05, 3.63) is 33.8 Å². The van der Waals surface area contributed by atoms with Gasteiger partial charge in [-0.1, -0.05) is 28.1 Å². The highest BCUT2D eigenvalue weighted by molar-refractivity contribution is 9.10. The van der Waals surface area contributed by atoms with Gasteiger partial charge < -0.3 is 5.32 Å². The molecule has 2 aliphatic rings. The zero-order valence-electron chi connectivity index (χ0n) is 10.7. The second-order valence-electron chi connectivity index (χ2n) is 5.49. The average Bonchev–Trinajstić information content (AvgIpc) is 2.77. The Morgan fingerprint density at radius 1 is 1.16 bits per heavy atom. The minimum Gasteiger partial charge on any atom is -0.307 e. The number of fused-ring (bicyclic) bond motifs is 1. The van der Waals surface area contributed by atoms with Gasteiger partial charge in [-0.2, -0.15) is 0 Å². The molecule has 3 nitrogen and oxygen atoms in total. The van der Waals surface area contributed by atoms with E-state index in [0.717, 1.165) is 25.7 Å². The van der Waals surface area contributed by atoms with Gasteiger partial charge in [0.2, 0.25) is 0 Å². The largest absolute Gasteiger partial charge is 0.307 e. The number of sulfone groups is 1. The monoisotopic (exact) mass is 343 g/mol. The van der Waals surface area contributed by atoms with Crippen LogP contribution < -0.4 is 5.32 Å². The number of halogens is 1. The van der Waals surface area contributed by atoms with Crippen LogP contribution in [0.5, 0.6) is 0 Å². The lowest BCUT2D eigenvalue weighted by Gasteiger charge is -2.27. The molecule has 0 spiro atoms. The molecule has 1 aromatic carbocycles. The number of hydrogen-bond donors (Lipinski definition) is 1. The molecule has 1 N–H and O–H groups in total. The normalized spacial score (nSPS) is 26.3. The SMILES string of the molecule is O=S1(=O)CCC(NC2CCc3c(Br)cccc32)CC1. The van der Waals surface area contributed by atoms with Crippen molar-refractivity contribution in [2.24, 2.45) is 0 Å². The topological polar surface area (TPSA) is 46.2 Å². The second-order valence-corrected chi connectivity index (χ2v) is 8.65. The van der Waals surface area contributed by atoms with E-state index >= 15 is 0 Å². The molecule has 1 unspecified atom stereocenters. The molecule has 104 valence electrons. The van der Waals surface area contributed by atoms with E-state index in [2.05, 4.69) is 39.4 Å². The molecule has 1 heterocycles. The summed E-state index contributed by atoms with van der Waals surface area (Å²) in [5.74, 6) is 0.672. The highest BCUT2D eigenvalue weighted by Gasteiger charge is 2.29. The van der Waals surface area contributed by atoms with Crippen molar-refractivity contribution in [1.29, 1.82) is 0 Å². The summed E-state index contributed by atoms with van der Waals surface area (Å²) in [6.07, 6.45) is 3.71. The summed E-state index contributed by atoms with van der Waals surface area (Å²) >= 11 is 3.61. The molecule has 0 radical (unpaired) electrons. The molecule has 1 aromatic rings. The summed E-state index contributed by atoms with van der Waals surface area (Å²) in [6, 6.07) is 7.09. The van der Waals surface area contributed by atoms with E-state index in [9.17, 15) is 8.42 Å². The minimum absolute atomic E-state index is 0.336. The van der Waals surface area contributed by atoms with Crippen molar-refractivity contribution in [3.63, 3.8) is 0 Å². The Hall–Kier alpha value is -0.390. The van der Waals surface area contributed by atoms with E-state index in [0.29, 0.717) is 23.6 Å². The maximum atomic E-state index is 11.4. The Labute approximate surface area is 122 Å². The Balaban J connectivity index is 1.69. The first-order valence-electron chi connectivity index (χ1n) is 6.79. The van der Waals surface area contributed by atoms with Crippen LogP contribution in [0, 0.1) is 0 Å². The van der Waals surface area contributed by atoms with Crippen molar-refractivity contribution in [2.75, 3.05) is 11.5 Å². The minimum atomic E-state index is -2.76. The summed E-state index contributed by atoms with van der Waals surface area (Å²) in [4.78, 5) is 0. The van der Waals surface area contributed by atoms with E-state index in [1.54, 1.807) is 0 Å². The van der Waals surface area contributed by atoms with Crippen molar-refractivity contribution in [1.82, 2.24) is 5.32 Å². The molecule has 1 atom stereocenters. The summed E-state index contributed by atoms with van der Waals surface area (Å²) in [7, 11) is -2.76. The van der Waals surface area contributed by atoms with Gasteiger partial charge in [0.15, 0.2) is 0 Å². The smallest absolute Gasteiger partial charge is 0.150 e. The molecule has 0 bridgehead atoms. The van der Waals surface area contributed by atoms with E-state index in [1.807, 2.05) is 0 Å². The fourth-order valence-corrected chi connectivity index (χ4v) is 5.20. The van der Waals surface area contributed by atoms with E-state index in [4.69, 9.17) is 0 Å². The molecule has 1 fully saturated rings. The van der Waals surface area contributed by atoms with Crippen LogP contribution in [-0.2, 0) is 16.3 Å². The van der Waals surface area contributed by atoms with Gasteiger partial charge in [0, 0.05) is 16.6 Å². The van der Waals surface area contributed by atoms with Crippen LogP contribution in [0.25, 0.3) is 0 Å². The van der Waals surface area contributed by atoms with Gasteiger partial charge in [-0.15, -0.1) is 0 Å². The van der Waals surface area contributed by atoms with Crippen LogP contribution in [0.1, 0.15) is 36.4 Å². The van der Waals surface area contributed by atoms with Gasteiger partial charge >= 0.3 is 0 Å². The Kier molecular flexibility index (Phi) is 3.71. The first kappa shape index (κ1) is 13.6. The van der Waals surface area contributed by atoms with Gasteiger partial charge in [-0.05, 0) is 42.9 Å². The molecule has 1 aliphatic heterocycles. The van der Waals surface area contributed by atoms with Crippen molar-refractivity contribution >= 4 is 25.8 Å². The lowest BCUT2D eigenvalue weighted by molar-refractivity contribution is 0.403. The Morgan fingerprint density at radius 3 is 2.63 bits per heavy atom. The van der Waals surface area contributed by atoms with Crippen LogP contribution >= 0.6 is 15.9 Å². The second kappa shape index (κ2) is 5.19. The molecule has 19 heavy (non-hydrogen) atoms. The first-order valence-corrected chi connectivity index (χ1v) is 9.40. The highest BCUT2D eigenvalue weighted by Crippen LogP contribution is 2.36. The Morgan fingerprint density at radius 2 is 1.89 bits per heavy atom. The van der Waals surface area contributed by atoms with Gasteiger partial charge in [0.05, 0.1) is 11.5 Å². The summed E-state index contributed by atoms with van der Waals surface area (Å²) < 4.78 is 24.1. The van der Waals surface area contributed by atoms with E-state index < -0.39 is 9.84 Å². The average molecular weight is 344 g/mol. The molecule has 1 saturated heterocycles. The van der Waals surface area contributed by atoms with Gasteiger partial charge in [0.25, 0.3) is 0 Å². The maximum Gasteiger partial charge on any atom is 0.150 e. The van der Waals surface area contributed by atoms with Gasteiger partial charge in [-0.25, -0.2) is 8.42 Å². The maximum absolute atomic E-state index is 11.4. The zero-order valence-corrected chi connectivity index (χ0v) is 13.1. The summed E-state index contributed by atoms with van der Waals surface area (Å²) in [5.41, 5.74) is 2.78. The number of hydrogen-bond acceptors (Lipinski definition) is 3. The fraction of sp³-hybridized carbons (Fsp3) is 0.571. The lowest BCUT2D eigenvalue weighted by Crippen LogP contribution is -2.39. The predicted molar refractivity (Wildman–Crippen MR) is 80.0 cm³/mol.